The Hall–Kier alpha value is -1.24. The molecule has 0 aromatic rings. The standard InChI is InChI=1S/C11H16N2O4S/c14-9(5-13-7-18-6-10(13)15)12-2-1-8(4-12)3-11(16)17/h8H,1-7H2,(H,16,17). The van der Waals surface area contributed by atoms with Crippen LogP contribution in [0, 0.1) is 5.92 Å². The summed E-state index contributed by atoms with van der Waals surface area (Å²) in [6.07, 6.45) is 0.850. The van der Waals surface area contributed by atoms with E-state index in [1.54, 1.807) is 9.80 Å². The second kappa shape index (κ2) is 5.60. The third-order valence-corrected chi connectivity index (χ3v) is 4.20. The van der Waals surface area contributed by atoms with E-state index in [0.29, 0.717) is 24.7 Å². The topological polar surface area (TPSA) is 77.9 Å². The molecule has 0 aliphatic carbocycles. The van der Waals surface area contributed by atoms with Crippen LogP contribution in [0.2, 0.25) is 0 Å². The lowest BCUT2D eigenvalue weighted by molar-refractivity contribution is -0.139. The maximum Gasteiger partial charge on any atom is 0.303 e. The lowest BCUT2D eigenvalue weighted by Gasteiger charge is -2.20. The van der Waals surface area contributed by atoms with Crippen molar-refractivity contribution in [3.8, 4) is 0 Å². The highest BCUT2D eigenvalue weighted by Crippen LogP contribution is 2.21. The quantitative estimate of drug-likeness (QED) is 0.769. The summed E-state index contributed by atoms with van der Waals surface area (Å²) in [6.45, 7) is 1.23. The molecule has 0 bridgehead atoms. The molecule has 2 aliphatic heterocycles. The molecule has 0 spiro atoms. The third kappa shape index (κ3) is 3.16. The number of amides is 2. The molecule has 2 heterocycles. The Morgan fingerprint density at radius 3 is 2.83 bits per heavy atom. The van der Waals surface area contributed by atoms with Crippen molar-refractivity contribution in [1.29, 1.82) is 0 Å². The number of nitrogens with zero attached hydrogens (tertiary/aromatic N) is 2. The first kappa shape index (κ1) is 13.2. The fourth-order valence-corrected chi connectivity index (χ4v) is 3.18. The summed E-state index contributed by atoms with van der Waals surface area (Å²) >= 11 is 1.51. The Bertz CT molecular complexity index is 374. The van der Waals surface area contributed by atoms with Gasteiger partial charge in [0.1, 0.15) is 6.54 Å². The molecular formula is C11H16N2O4S. The van der Waals surface area contributed by atoms with Gasteiger partial charge >= 0.3 is 5.97 Å². The van der Waals surface area contributed by atoms with E-state index in [0.717, 1.165) is 6.42 Å². The van der Waals surface area contributed by atoms with Crippen molar-refractivity contribution >= 4 is 29.5 Å². The van der Waals surface area contributed by atoms with Gasteiger partial charge in [-0.15, -0.1) is 11.8 Å². The molecule has 1 unspecified atom stereocenters. The Morgan fingerprint density at radius 1 is 1.44 bits per heavy atom. The molecule has 0 radical (unpaired) electrons. The summed E-state index contributed by atoms with van der Waals surface area (Å²) < 4.78 is 0. The average molecular weight is 272 g/mol. The number of likely N-dealkylation sites (tertiary alicyclic amines) is 1. The first-order valence-corrected chi connectivity index (χ1v) is 7.07. The highest BCUT2D eigenvalue weighted by molar-refractivity contribution is 8.00. The summed E-state index contributed by atoms with van der Waals surface area (Å²) in [7, 11) is 0. The maximum atomic E-state index is 12.0. The number of carboxylic acids is 1. The largest absolute Gasteiger partial charge is 0.481 e. The summed E-state index contributed by atoms with van der Waals surface area (Å²) in [5.74, 6) is 0.204. The Kier molecular flexibility index (Phi) is 4.11. The van der Waals surface area contributed by atoms with Crippen LogP contribution >= 0.6 is 11.8 Å². The minimum absolute atomic E-state index is 0.00892. The number of hydrogen-bond acceptors (Lipinski definition) is 4. The Labute approximate surface area is 109 Å². The number of carbonyl (C=O) groups excluding carboxylic acids is 2. The van der Waals surface area contributed by atoms with Gasteiger partial charge < -0.3 is 14.9 Å². The highest BCUT2D eigenvalue weighted by Gasteiger charge is 2.30. The van der Waals surface area contributed by atoms with Crippen LogP contribution in [0.15, 0.2) is 0 Å². The van der Waals surface area contributed by atoms with Crippen LogP contribution < -0.4 is 0 Å². The molecule has 1 atom stereocenters. The fourth-order valence-electron chi connectivity index (χ4n) is 2.28. The van der Waals surface area contributed by atoms with E-state index >= 15 is 0 Å². The van der Waals surface area contributed by atoms with Gasteiger partial charge in [0.25, 0.3) is 0 Å². The molecule has 0 saturated carbocycles. The number of thioether (sulfide) groups is 1. The molecule has 0 aromatic heterocycles. The normalized spacial score (nSPS) is 23.8. The first-order valence-electron chi connectivity index (χ1n) is 5.91. The SMILES string of the molecule is O=C(O)CC1CCN(C(=O)CN2CSCC2=O)C1. The number of hydrogen-bond donors (Lipinski definition) is 1. The number of aliphatic carboxylic acids is 1. The molecule has 6 nitrogen and oxygen atoms in total. The van der Waals surface area contributed by atoms with Crippen LogP contribution in [-0.4, -0.2) is 64.0 Å². The zero-order valence-corrected chi connectivity index (χ0v) is 10.8. The van der Waals surface area contributed by atoms with Crippen molar-refractivity contribution in [2.75, 3.05) is 31.3 Å². The predicted octanol–water partition coefficient (Wildman–Crippen LogP) is -0.157. The van der Waals surface area contributed by atoms with Crippen molar-refractivity contribution in [2.45, 2.75) is 12.8 Å². The van der Waals surface area contributed by atoms with E-state index in [1.807, 2.05) is 0 Å². The Morgan fingerprint density at radius 2 is 2.22 bits per heavy atom. The van der Waals surface area contributed by atoms with Crippen molar-refractivity contribution in [3.05, 3.63) is 0 Å². The lowest BCUT2D eigenvalue weighted by Crippen LogP contribution is -2.40. The zero-order chi connectivity index (χ0) is 13.1. The highest BCUT2D eigenvalue weighted by atomic mass is 32.2. The van der Waals surface area contributed by atoms with Crippen LogP contribution in [0.4, 0.5) is 0 Å². The van der Waals surface area contributed by atoms with Gasteiger partial charge in [0, 0.05) is 19.5 Å². The van der Waals surface area contributed by atoms with E-state index in [-0.39, 0.29) is 30.7 Å². The van der Waals surface area contributed by atoms with Crippen LogP contribution in [0.3, 0.4) is 0 Å². The molecule has 2 amide bonds. The van der Waals surface area contributed by atoms with Gasteiger partial charge in [0.05, 0.1) is 11.6 Å². The molecule has 18 heavy (non-hydrogen) atoms. The minimum atomic E-state index is -0.819. The first-order chi connectivity index (χ1) is 8.56. The van der Waals surface area contributed by atoms with Crippen LogP contribution in [0.1, 0.15) is 12.8 Å². The third-order valence-electron chi connectivity index (χ3n) is 3.25. The molecular weight excluding hydrogens is 256 g/mol. The van der Waals surface area contributed by atoms with Crippen molar-refractivity contribution in [3.63, 3.8) is 0 Å². The van der Waals surface area contributed by atoms with Crippen molar-refractivity contribution in [1.82, 2.24) is 9.80 Å². The molecule has 0 aromatic carbocycles. The van der Waals surface area contributed by atoms with E-state index in [4.69, 9.17) is 5.11 Å². The van der Waals surface area contributed by atoms with Gasteiger partial charge in [0.15, 0.2) is 0 Å². The van der Waals surface area contributed by atoms with Gasteiger partial charge in [-0.2, -0.15) is 0 Å². The van der Waals surface area contributed by atoms with Crippen LogP contribution in [0.5, 0.6) is 0 Å². The van der Waals surface area contributed by atoms with Crippen LogP contribution in [0.25, 0.3) is 0 Å². The van der Waals surface area contributed by atoms with E-state index in [1.165, 1.54) is 11.8 Å². The second-order valence-electron chi connectivity index (χ2n) is 4.66. The fraction of sp³-hybridized carbons (Fsp3) is 0.727. The van der Waals surface area contributed by atoms with Crippen molar-refractivity contribution < 1.29 is 19.5 Å². The predicted molar refractivity (Wildman–Crippen MR) is 66.0 cm³/mol. The zero-order valence-electron chi connectivity index (χ0n) is 10.0. The summed E-state index contributed by atoms with van der Waals surface area (Å²) in [5.41, 5.74) is 0. The monoisotopic (exact) mass is 272 g/mol. The Balaban J connectivity index is 1.80. The number of rotatable bonds is 4. The molecule has 1 N–H and O–H groups in total. The molecule has 7 heteroatoms. The maximum absolute atomic E-state index is 12.0. The van der Waals surface area contributed by atoms with Gasteiger partial charge in [-0.25, -0.2) is 0 Å². The van der Waals surface area contributed by atoms with Crippen molar-refractivity contribution in [2.24, 2.45) is 5.92 Å². The van der Waals surface area contributed by atoms with Crippen LogP contribution in [-0.2, 0) is 14.4 Å². The summed E-state index contributed by atoms with van der Waals surface area (Å²) in [4.78, 5) is 37.2. The summed E-state index contributed by atoms with van der Waals surface area (Å²) in [5, 5.41) is 8.70. The minimum Gasteiger partial charge on any atom is -0.481 e. The number of carbonyl (C=O) groups is 3. The molecule has 2 aliphatic rings. The van der Waals surface area contributed by atoms with Gasteiger partial charge in [-0.05, 0) is 12.3 Å². The summed E-state index contributed by atoms with van der Waals surface area (Å²) in [6, 6.07) is 0. The molecule has 2 saturated heterocycles. The second-order valence-corrected chi connectivity index (χ2v) is 5.62. The van der Waals surface area contributed by atoms with E-state index in [9.17, 15) is 14.4 Å². The molecule has 2 fully saturated rings. The van der Waals surface area contributed by atoms with Gasteiger partial charge in [-0.1, -0.05) is 0 Å². The lowest BCUT2D eigenvalue weighted by atomic mass is 10.1. The average Bonchev–Trinajstić information content (AvgIpc) is 2.88. The molecule has 2 rings (SSSR count). The molecule has 100 valence electrons. The smallest absolute Gasteiger partial charge is 0.303 e. The number of carboxylic acid groups (broad SMARTS) is 1. The van der Waals surface area contributed by atoms with Gasteiger partial charge in [0.2, 0.25) is 11.8 Å². The van der Waals surface area contributed by atoms with E-state index < -0.39 is 5.97 Å². The van der Waals surface area contributed by atoms with Gasteiger partial charge in [-0.3, -0.25) is 14.4 Å². The van der Waals surface area contributed by atoms with E-state index in [2.05, 4.69) is 0 Å².